The van der Waals surface area contributed by atoms with Crippen molar-refractivity contribution in [2.24, 2.45) is 0 Å². The number of nitrogen functional groups attached to an aromatic ring is 1. The van der Waals surface area contributed by atoms with Crippen molar-refractivity contribution in [1.29, 1.82) is 5.26 Å². The van der Waals surface area contributed by atoms with Crippen LogP contribution in [0.2, 0.25) is 0 Å². The van der Waals surface area contributed by atoms with Gasteiger partial charge in [0.25, 0.3) is 0 Å². The Bertz CT molecular complexity index is 514. The average molecular weight is 247 g/mol. The van der Waals surface area contributed by atoms with Crippen molar-refractivity contribution in [2.45, 2.75) is 25.0 Å². The minimum Gasteiger partial charge on any atom is -0.396 e. The molecule has 2 fully saturated rings. The number of benzene rings is 1. The zero-order valence-corrected chi connectivity index (χ0v) is 9.90. The van der Waals surface area contributed by atoms with Crippen LogP contribution in [0, 0.1) is 17.1 Å². The monoisotopic (exact) mass is 247 g/mol. The Morgan fingerprint density at radius 3 is 2.61 bits per heavy atom. The van der Waals surface area contributed by atoms with Crippen LogP contribution >= 0.6 is 0 Å². The molecule has 0 radical (unpaired) electrons. The SMILES string of the molecule is N#Cc1cc(F)c(N)cc1N1CC2CCC(C1)O2. The van der Waals surface area contributed by atoms with Crippen molar-refractivity contribution in [2.75, 3.05) is 23.7 Å². The fourth-order valence-electron chi connectivity index (χ4n) is 2.74. The van der Waals surface area contributed by atoms with Gasteiger partial charge in [-0.3, -0.25) is 0 Å². The van der Waals surface area contributed by atoms with Gasteiger partial charge in [0.05, 0.1) is 29.1 Å². The van der Waals surface area contributed by atoms with Crippen molar-refractivity contribution in [3.63, 3.8) is 0 Å². The highest BCUT2D eigenvalue weighted by atomic mass is 19.1. The summed E-state index contributed by atoms with van der Waals surface area (Å²) in [4.78, 5) is 2.08. The van der Waals surface area contributed by atoms with Gasteiger partial charge in [-0.05, 0) is 25.0 Å². The molecular formula is C13H14FN3O. The zero-order valence-electron chi connectivity index (χ0n) is 9.90. The molecule has 0 amide bonds. The quantitative estimate of drug-likeness (QED) is 0.766. The topological polar surface area (TPSA) is 62.3 Å². The maximum atomic E-state index is 13.4. The number of fused-ring (bicyclic) bond motifs is 2. The summed E-state index contributed by atoms with van der Waals surface area (Å²) in [7, 11) is 0. The summed E-state index contributed by atoms with van der Waals surface area (Å²) < 4.78 is 19.1. The molecule has 2 atom stereocenters. The lowest BCUT2D eigenvalue weighted by Gasteiger charge is -2.34. The third kappa shape index (κ3) is 1.79. The highest BCUT2D eigenvalue weighted by molar-refractivity contribution is 5.66. The van der Waals surface area contributed by atoms with Crippen LogP contribution in [0.5, 0.6) is 0 Å². The minimum absolute atomic E-state index is 0.0860. The summed E-state index contributed by atoms with van der Waals surface area (Å²) in [6.07, 6.45) is 2.56. The van der Waals surface area contributed by atoms with E-state index < -0.39 is 5.82 Å². The predicted octanol–water partition coefficient (Wildman–Crippen LogP) is 1.65. The Hall–Kier alpha value is -1.80. The molecule has 0 aliphatic carbocycles. The number of nitrogens with two attached hydrogens (primary N) is 1. The summed E-state index contributed by atoms with van der Waals surface area (Å²) in [6.45, 7) is 1.49. The van der Waals surface area contributed by atoms with Gasteiger partial charge >= 0.3 is 0 Å². The first-order valence-corrected chi connectivity index (χ1v) is 6.07. The number of ether oxygens (including phenoxy) is 1. The van der Waals surface area contributed by atoms with E-state index in [-0.39, 0.29) is 17.9 Å². The molecule has 4 nitrogen and oxygen atoms in total. The normalized spacial score (nSPS) is 26.1. The molecule has 0 saturated carbocycles. The van der Waals surface area contributed by atoms with E-state index in [0.29, 0.717) is 5.56 Å². The lowest BCUT2D eigenvalue weighted by atomic mass is 10.1. The molecule has 2 bridgehead atoms. The van der Waals surface area contributed by atoms with Crippen molar-refractivity contribution in [1.82, 2.24) is 0 Å². The lowest BCUT2D eigenvalue weighted by molar-refractivity contribution is 0.0305. The molecule has 2 aliphatic heterocycles. The first-order valence-electron chi connectivity index (χ1n) is 6.07. The average Bonchev–Trinajstić information content (AvgIpc) is 2.71. The van der Waals surface area contributed by atoms with Gasteiger partial charge in [-0.2, -0.15) is 5.26 Å². The van der Waals surface area contributed by atoms with Gasteiger partial charge < -0.3 is 15.4 Å². The fraction of sp³-hybridized carbons (Fsp3) is 0.462. The van der Waals surface area contributed by atoms with Crippen molar-refractivity contribution in [3.8, 4) is 6.07 Å². The van der Waals surface area contributed by atoms with Crippen LogP contribution in [-0.2, 0) is 4.74 Å². The van der Waals surface area contributed by atoms with Crippen molar-refractivity contribution in [3.05, 3.63) is 23.5 Å². The smallest absolute Gasteiger partial charge is 0.147 e. The molecule has 2 saturated heterocycles. The first kappa shape index (κ1) is 11.3. The summed E-state index contributed by atoms with van der Waals surface area (Å²) in [5.74, 6) is -0.536. The molecule has 18 heavy (non-hydrogen) atoms. The molecule has 2 heterocycles. The molecule has 5 heteroatoms. The Morgan fingerprint density at radius 2 is 2.00 bits per heavy atom. The maximum Gasteiger partial charge on any atom is 0.147 e. The largest absolute Gasteiger partial charge is 0.396 e. The highest BCUT2D eigenvalue weighted by Gasteiger charge is 2.34. The van der Waals surface area contributed by atoms with E-state index in [2.05, 4.69) is 4.90 Å². The molecule has 2 N–H and O–H groups in total. The maximum absolute atomic E-state index is 13.4. The van der Waals surface area contributed by atoms with Crippen LogP contribution in [0.1, 0.15) is 18.4 Å². The lowest BCUT2D eigenvalue weighted by Crippen LogP contribution is -2.43. The second-order valence-corrected chi connectivity index (χ2v) is 4.87. The molecule has 94 valence electrons. The van der Waals surface area contributed by atoms with Gasteiger partial charge in [0.1, 0.15) is 11.9 Å². The Morgan fingerprint density at radius 1 is 1.33 bits per heavy atom. The second kappa shape index (κ2) is 4.14. The number of halogens is 1. The Balaban J connectivity index is 1.96. The summed E-state index contributed by atoms with van der Waals surface area (Å²) >= 11 is 0. The number of hydrogen-bond donors (Lipinski definition) is 1. The molecule has 3 rings (SSSR count). The molecule has 2 unspecified atom stereocenters. The highest BCUT2D eigenvalue weighted by Crippen LogP contribution is 2.32. The van der Waals surface area contributed by atoms with Gasteiger partial charge in [0.15, 0.2) is 0 Å². The van der Waals surface area contributed by atoms with Gasteiger partial charge in [-0.25, -0.2) is 4.39 Å². The van der Waals surface area contributed by atoms with Crippen LogP contribution in [0.3, 0.4) is 0 Å². The number of hydrogen-bond acceptors (Lipinski definition) is 4. The molecule has 1 aromatic rings. The second-order valence-electron chi connectivity index (χ2n) is 4.87. The van der Waals surface area contributed by atoms with E-state index in [9.17, 15) is 4.39 Å². The third-order valence-electron chi connectivity index (χ3n) is 3.62. The van der Waals surface area contributed by atoms with E-state index in [4.69, 9.17) is 15.7 Å². The zero-order chi connectivity index (χ0) is 12.7. The molecule has 1 aromatic carbocycles. The van der Waals surface area contributed by atoms with E-state index in [1.54, 1.807) is 6.07 Å². The van der Waals surface area contributed by atoms with E-state index >= 15 is 0 Å². The third-order valence-corrected chi connectivity index (χ3v) is 3.62. The fourth-order valence-corrected chi connectivity index (χ4v) is 2.74. The van der Waals surface area contributed by atoms with E-state index in [0.717, 1.165) is 31.6 Å². The van der Waals surface area contributed by atoms with E-state index in [1.807, 2.05) is 6.07 Å². The van der Waals surface area contributed by atoms with Gasteiger partial charge in [-0.1, -0.05) is 0 Å². The number of anilines is 2. The van der Waals surface area contributed by atoms with Crippen molar-refractivity contribution < 1.29 is 9.13 Å². The number of nitriles is 1. The summed E-state index contributed by atoms with van der Waals surface area (Å²) in [5.41, 5.74) is 6.73. The van der Waals surface area contributed by atoms with Gasteiger partial charge in [-0.15, -0.1) is 0 Å². The first-order chi connectivity index (χ1) is 8.67. The number of nitrogens with zero attached hydrogens (tertiary/aromatic N) is 2. The van der Waals surface area contributed by atoms with Crippen LogP contribution < -0.4 is 10.6 Å². The van der Waals surface area contributed by atoms with Crippen LogP contribution in [0.15, 0.2) is 12.1 Å². The van der Waals surface area contributed by atoms with Crippen LogP contribution in [0.25, 0.3) is 0 Å². The van der Waals surface area contributed by atoms with Crippen LogP contribution in [0.4, 0.5) is 15.8 Å². The number of morpholine rings is 1. The molecule has 0 aromatic heterocycles. The Kier molecular flexibility index (Phi) is 2.60. The number of rotatable bonds is 1. The Labute approximate surface area is 105 Å². The molecule has 0 spiro atoms. The predicted molar refractivity (Wildman–Crippen MR) is 65.6 cm³/mol. The van der Waals surface area contributed by atoms with Gasteiger partial charge in [0, 0.05) is 13.1 Å². The summed E-state index contributed by atoms with van der Waals surface area (Å²) in [5, 5.41) is 9.10. The molecule has 2 aliphatic rings. The van der Waals surface area contributed by atoms with Crippen LogP contribution in [-0.4, -0.2) is 25.3 Å². The van der Waals surface area contributed by atoms with E-state index in [1.165, 1.54) is 6.07 Å². The van der Waals surface area contributed by atoms with Gasteiger partial charge in [0.2, 0.25) is 0 Å². The summed E-state index contributed by atoms with van der Waals surface area (Å²) in [6, 6.07) is 4.80. The molecular weight excluding hydrogens is 233 g/mol. The minimum atomic E-state index is -0.536. The van der Waals surface area contributed by atoms with Crippen molar-refractivity contribution >= 4 is 11.4 Å². The standard InChI is InChI=1S/C13H14FN3O/c14-11-3-8(5-15)13(4-12(11)16)17-6-9-1-2-10(7-17)18-9/h3-4,9-10H,1-2,6-7,16H2.